The monoisotopic (exact) mass is 242 g/mol. The fourth-order valence-electron chi connectivity index (χ4n) is 2.18. The fraction of sp³-hybridized carbons (Fsp3) is 0.929. The lowest BCUT2D eigenvalue weighted by molar-refractivity contribution is -0.129. The fourth-order valence-corrected chi connectivity index (χ4v) is 2.18. The number of hydrogen-bond donors (Lipinski definition) is 0. The van der Waals surface area contributed by atoms with E-state index in [-0.39, 0.29) is 12.5 Å². The standard InChI is InChI=1S/C14H26O3/c1-2-3-9-16-10-11-17-12-14(15)13-7-5-4-6-8-13/h13H,2-12H2,1H3. The Hall–Kier alpha value is -0.410. The topological polar surface area (TPSA) is 35.5 Å². The number of carbonyl (C=O) groups excluding carboxylic acids is 1. The van der Waals surface area contributed by atoms with Crippen LogP contribution in [-0.2, 0) is 14.3 Å². The summed E-state index contributed by atoms with van der Waals surface area (Å²) < 4.78 is 10.7. The minimum atomic E-state index is 0.268. The van der Waals surface area contributed by atoms with Gasteiger partial charge in [0.05, 0.1) is 13.2 Å². The number of unbranched alkanes of at least 4 members (excludes halogenated alkanes) is 1. The van der Waals surface area contributed by atoms with E-state index in [1.807, 2.05) is 0 Å². The first-order valence-corrected chi connectivity index (χ1v) is 7.02. The maximum absolute atomic E-state index is 11.8. The van der Waals surface area contributed by atoms with E-state index < -0.39 is 0 Å². The van der Waals surface area contributed by atoms with E-state index in [4.69, 9.17) is 9.47 Å². The molecule has 0 aromatic carbocycles. The van der Waals surface area contributed by atoms with Gasteiger partial charge in [-0.2, -0.15) is 0 Å². The Labute approximate surface area is 105 Å². The minimum Gasteiger partial charge on any atom is -0.379 e. The van der Waals surface area contributed by atoms with Crippen LogP contribution >= 0.6 is 0 Å². The first-order chi connectivity index (χ1) is 8.34. The van der Waals surface area contributed by atoms with Crippen molar-refractivity contribution in [2.24, 2.45) is 5.92 Å². The summed E-state index contributed by atoms with van der Waals surface area (Å²) in [5, 5.41) is 0. The number of Topliss-reactive ketones (excluding diaryl/α,β-unsaturated/α-hetero) is 1. The molecule has 1 aliphatic rings. The van der Waals surface area contributed by atoms with Crippen molar-refractivity contribution in [1.82, 2.24) is 0 Å². The van der Waals surface area contributed by atoms with Crippen LogP contribution in [0.1, 0.15) is 51.9 Å². The van der Waals surface area contributed by atoms with Crippen LogP contribution in [0, 0.1) is 5.92 Å². The molecule has 0 aliphatic heterocycles. The maximum Gasteiger partial charge on any atom is 0.161 e. The van der Waals surface area contributed by atoms with Crippen LogP contribution in [0.15, 0.2) is 0 Å². The predicted octanol–water partition coefficient (Wildman–Crippen LogP) is 2.97. The molecule has 100 valence electrons. The highest BCUT2D eigenvalue weighted by atomic mass is 16.5. The Balaban J connectivity index is 1.92. The zero-order valence-corrected chi connectivity index (χ0v) is 11.1. The van der Waals surface area contributed by atoms with Gasteiger partial charge in [-0.15, -0.1) is 0 Å². The minimum absolute atomic E-state index is 0.268. The lowest BCUT2D eigenvalue weighted by atomic mass is 9.86. The van der Waals surface area contributed by atoms with Crippen LogP contribution in [0.5, 0.6) is 0 Å². The summed E-state index contributed by atoms with van der Waals surface area (Å²) in [4.78, 5) is 11.8. The van der Waals surface area contributed by atoms with Crippen molar-refractivity contribution in [3.63, 3.8) is 0 Å². The lowest BCUT2D eigenvalue weighted by Gasteiger charge is -2.20. The molecular formula is C14H26O3. The average molecular weight is 242 g/mol. The highest BCUT2D eigenvalue weighted by Crippen LogP contribution is 2.24. The van der Waals surface area contributed by atoms with E-state index in [2.05, 4.69) is 6.92 Å². The molecule has 1 aliphatic carbocycles. The second kappa shape index (κ2) is 9.60. The van der Waals surface area contributed by atoms with Crippen LogP contribution < -0.4 is 0 Å². The molecular weight excluding hydrogens is 216 g/mol. The van der Waals surface area contributed by atoms with E-state index in [1.54, 1.807) is 0 Å². The Kier molecular flexibility index (Phi) is 8.28. The third-order valence-corrected chi connectivity index (χ3v) is 3.32. The first kappa shape index (κ1) is 14.7. The molecule has 1 fully saturated rings. The summed E-state index contributed by atoms with van der Waals surface area (Å²) in [6.45, 7) is 4.38. The van der Waals surface area contributed by atoms with Crippen molar-refractivity contribution in [2.75, 3.05) is 26.4 Å². The summed E-state index contributed by atoms with van der Waals surface area (Å²) in [6.07, 6.45) is 8.08. The van der Waals surface area contributed by atoms with Crippen LogP contribution in [0.4, 0.5) is 0 Å². The Morgan fingerprint density at radius 2 is 1.76 bits per heavy atom. The summed E-state index contributed by atoms with van der Waals surface area (Å²) in [5.74, 6) is 0.558. The quantitative estimate of drug-likeness (QED) is 0.583. The van der Waals surface area contributed by atoms with Crippen molar-refractivity contribution in [3.8, 4) is 0 Å². The molecule has 3 heteroatoms. The molecule has 0 N–H and O–H groups in total. The van der Waals surface area contributed by atoms with Crippen molar-refractivity contribution in [2.45, 2.75) is 51.9 Å². The van der Waals surface area contributed by atoms with Gasteiger partial charge in [0.1, 0.15) is 6.61 Å². The van der Waals surface area contributed by atoms with E-state index in [9.17, 15) is 4.79 Å². The van der Waals surface area contributed by atoms with Gasteiger partial charge >= 0.3 is 0 Å². The third kappa shape index (κ3) is 6.79. The largest absolute Gasteiger partial charge is 0.379 e. The number of ketones is 1. The molecule has 17 heavy (non-hydrogen) atoms. The van der Waals surface area contributed by atoms with Gasteiger partial charge in [-0.1, -0.05) is 32.6 Å². The Morgan fingerprint density at radius 1 is 1.06 bits per heavy atom. The molecule has 0 heterocycles. The molecule has 0 aromatic rings. The van der Waals surface area contributed by atoms with E-state index in [0.717, 1.165) is 32.3 Å². The number of hydrogen-bond acceptors (Lipinski definition) is 3. The van der Waals surface area contributed by atoms with Crippen molar-refractivity contribution in [3.05, 3.63) is 0 Å². The van der Waals surface area contributed by atoms with Gasteiger partial charge in [0.25, 0.3) is 0 Å². The Bertz CT molecular complexity index is 198. The molecule has 0 atom stereocenters. The number of rotatable bonds is 9. The van der Waals surface area contributed by atoms with Crippen molar-refractivity contribution < 1.29 is 14.3 Å². The normalized spacial score (nSPS) is 17.2. The third-order valence-electron chi connectivity index (χ3n) is 3.32. The lowest BCUT2D eigenvalue weighted by Crippen LogP contribution is -2.23. The Morgan fingerprint density at radius 3 is 2.47 bits per heavy atom. The molecule has 3 nitrogen and oxygen atoms in total. The smallest absolute Gasteiger partial charge is 0.161 e. The van der Waals surface area contributed by atoms with Gasteiger partial charge in [-0.05, 0) is 19.3 Å². The van der Waals surface area contributed by atoms with Crippen LogP contribution in [-0.4, -0.2) is 32.2 Å². The maximum atomic E-state index is 11.8. The summed E-state index contributed by atoms with van der Waals surface area (Å²) in [7, 11) is 0. The average Bonchev–Trinajstić information content (AvgIpc) is 2.38. The van der Waals surface area contributed by atoms with Gasteiger partial charge in [-0.25, -0.2) is 0 Å². The second-order valence-corrected chi connectivity index (χ2v) is 4.82. The molecule has 0 aromatic heterocycles. The second-order valence-electron chi connectivity index (χ2n) is 4.82. The highest BCUT2D eigenvalue weighted by molar-refractivity contribution is 5.82. The zero-order chi connectivity index (χ0) is 12.3. The van der Waals surface area contributed by atoms with E-state index >= 15 is 0 Å². The van der Waals surface area contributed by atoms with Gasteiger partial charge in [0.2, 0.25) is 0 Å². The molecule has 0 bridgehead atoms. The van der Waals surface area contributed by atoms with Gasteiger partial charge < -0.3 is 9.47 Å². The first-order valence-electron chi connectivity index (χ1n) is 7.02. The van der Waals surface area contributed by atoms with Crippen LogP contribution in [0.3, 0.4) is 0 Å². The predicted molar refractivity (Wildman–Crippen MR) is 68.1 cm³/mol. The molecule has 0 unspecified atom stereocenters. The molecule has 1 saturated carbocycles. The summed E-state index contributed by atoms with van der Waals surface area (Å²) in [6, 6.07) is 0. The van der Waals surface area contributed by atoms with E-state index in [0.29, 0.717) is 19.0 Å². The van der Waals surface area contributed by atoms with Gasteiger partial charge in [-0.3, -0.25) is 4.79 Å². The number of ether oxygens (including phenoxy) is 2. The molecule has 0 spiro atoms. The number of carbonyl (C=O) groups is 1. The molecule has 1 rings (SSSR count). The van der Waals surface area contributed by atoms with Gasteiger partial charge in [0.15, 0.2) is 5.78 Å². The molecule has 0 saturated heterocycles. The summed E-state index contributed by atoms with van der Waals surface area (Å²) >= 11 is 0. The molecule has 0 amide bonds. The molecule has 0 radical (unpaired) electrons. The zero-order valence-electron chi connectivity index (χ0n) is 11.1. The SMILES string of the molecule is CCCCOCCOCC(=O)C1CCCCC1. The van der Waals surface area contributed by atoms with Crippen LogP contribution in [0.2, 0.25) is 0 Å². The van der Waals surface area contributed by atoms with Crippen LogP contribution in [0.25, 0.3) is 0 Å². The highest BCUT2D eigenvalue weighted by Gasteiger charge is 2.20. The summed E-state index contributed by atoms with van der Waals surface area (Å²) in [5.41, 5.74) is 0. The van der Waals surface area contributed by atoms with E-state index in [1.165, 1.54) is 19.3 Å². The van der Waals surface area contributed by atoms with Crippen molar-refractivity contribution in [1.29, 1.82) is 0 Å². The van der Waals surface area contributed by atoms with Gasteiger partial charge in [0, 0.05) is 12.5 Å². The van der Waals surface area contributed by atoms with Crippen molar-refractivity contribution >= 4 is 5.78 Å².